The van der Waals surface area contributed by atoms with Gasteiger partial charge in [-0.05, 0) is 24.0 Å². The zero-order valence-corrected chi connectivity index (χ0v) is 22.8. The number of hydrogen-bond acceptors (Lipinski definition) is 8. The molecule has 11 nitrogen and oxygen atoms in total. The first-order valence-electron chi connectivity index (χ1n) is 12.6. The molecule has 0 radical (unpaired) electrons. The highest BCUT2D eigenvalue weighted by molar-refractivity contribution is 7.91. The van der Waals surface area contributed by atoms with Crippen LogP contribution in [0.15, 0.2) is 60.7 Å². The maximum atomic E-state index is 13.0. The molecule has 0 heterocycles. The van der Waals surface area contributed by atoms with Crippen molar-refractivity contribution in [2.24, 2.45) is 11.8 Å². The number of carbonyl (C=O) groups is 5. The van der Waals surface area contributed by atoms with Gasteiger partial charge in [0.1, 0.15) is 6.04 Å². The molecule has 0 spiro atoms. The van der Waals surface area contributed by atoms with Gasteiger partial charge in [-0.2, -0.15) is 0 Å². The molecule has 0 aliphatic carbocycles. The van der Waals surface area contributed by atoms with Crippen LogP contribution < -0.4 is 5.32 Å². The van der Waals surface area contributed by atoms with E-state index in [0.29, 0.717) is 12.8 Å². The van der Waals surface area contributed by atoms with Crippen LogP contribution in [0.2, 0.25) is 0 Å². The van der Waals surface area contributed by atoms with E-state index in [0.717, 1.165) is 11.1 Å². The molecule has 2 rings (SSSR count). The van der Waals surface area contributed by atoms with Gasteiger partial charge < -0.3 is 20.3 Å². The summed E-state index contributed by atoms with van der Waals surface area (Å²) in [6.45, 7) is 0.468. The molecule has 216 valence electrons. The Morgan fingerprint density at radius 1 is 0.850 bits per heavy atom. The standard InChI is InChI=1S/C28H33NO10S/c1-19(18-40(37,38)13-12-25(31)32)27(35)29-23(16-26(33)34)24(30)17-39-28(36)22(14-20-8-4-2-5-9-20)15-21-10-6-3-7-11-21/h2-11,19,22-23H,12-18H2,1H3,(H,29,35)(H,31,32)(H,33,34). The number of sulfone groups is 1. The average Bonchev–Trinajstić information content (AvgIpc) is 2.90. The van der Waals surface area contributed by atoms with Crippen LogP contribution in [0.1, 0.15) is 30.9 Å². The van der Waals surface area contributed by atoms with Gasteiger partial charge in [0.2, 0.25) is 5.91 Å². The molecular formula is C28H33NO10S. The van der Waals surface area contributed by atoms with Crippen molar-refractivity contribution < 1.29 is 47.3 Å². The molecule has 1 amide bonds. The van der Waals surface area contributed by atoms with Crippen molar-refractivity contribution in [3.8, 4) is 0 Å². The number of ether oxygens (including phenoxy) is 1. The van der Waals surface area contributed by atoms with Crippen molar-refractivity contribution in [3.05, 3.63) is 71.8 Å². The van der Waals surface area contributed by atoms with Crippen LogP contribution in [0.4, 0.5) is 0 Å². The molecule has 2 unspecified atom stereocenters. The number of benzene rings is 2. The number of esters is 1. The van der Waals surface area contributed by atoms with Crippen molar-refractivity contribution in [2.45, 2.75) is 38.6 Å². The molecule has 0 bridgehead atoms. The van der Waals surface area contributed by atoms with Gasteiger partial charge in [0.05, 0.1) is 30.3 Å². The van der Waals surface area contributed by atoms with Crippen LogP contribution in [0.5, 0.6) is 0 Å². The van der Waals surface area contributed by atoms with Gasteiger partial charge in [-0.3, -0.25) is 24.0 Å². The number of Topliss-reactive ketones (excluding diaryl/α,β-unsaturated/α-hetero) is 1. The summed E-state index contributed by atoms with van der Waals surface area (Å²) in [4.78, 5) is 60.4. The summed E-state index contributed by atoms with van der Waals surface area (Å²) < 4.78 is 29.4. The lowest BCUT2D eigenvalue weighted by atomic mass is 9.92. The van der Waals surface area contributed by atoms with E-state index in [4.69, 9.17) is 9.84 Å². The number of hydrogen-bond donors (Lipinski definition) is 3. The minimum absolute atomic E-state index is 0.339. The molecule has 12 heteroatoms. The summed E-state index contributed by atoms with van der Waals surface area (Å²) in [5.74, 6) is -8.34. The fourth-order valence-electron chi connectivity index (χ4n) is 3.91. The third-order valence-electron chi connectivity index (χ3n) is 6.00. The summed E-state index contributed by atoms with van der Waals surface area (Å²) >= 11 is 0. The molecular weight excluding hydrogens is 542 g/mol. The lowest BCUT2D eigenvalue weighted by molar-refractivity contribution is -0.153. The van der Waals surface area contributed by atoms with Gasteiger partial charge in [-0.25, -0.2) is 8.42 Å². The summed E-state index contributed by atoms with van der Waals surface area (Å²) in [5.41, 5.74) is 1.77. The number of rotatable bonds is 17. The first-order chi connectivity index (χ1) is 18.9. The van der Waals surface area contributed by atoms with Crippen LogP contribution in [0, 0.1) is 11.8 Å². The van der Waals surface area contributed by atoms with Crippen LogP contribution in [-0.4, -0.2) is 72.4 Å². The number of ketones is 1. The monoisotopic (exact) mass is 575 g/mol. The predicted octanol–water partition coefficient (Wildman–Crippen LogP) is 1.69. The molecule has 3 N–H and O–H groups in total. The third kappa shape index (κ3) is 11.8. The highest BCUT2D eigenvalue weighted by Crippen LogP contribution is 2.17. The molecule has 0 aliphatic heterocycles. The number of carbonyl (C=O) groups excluding carboxylic acids is 3. The van der Waals surface area contributed by atoms with E-state index >= 15 is 0 Å². The van der Waals surface area contributed by atoms with Gasteiger partial charge >= 0.3 is 17.9 Å². The Balaban J connectivity index is 2.05. The quantitative estimate of drug-likeness (QED) is 0.235. The van der Waals surface area contributed by atoms with Crippen molar-refractivity contribution >= 4 is 39.4 Å². The van der Waals surface area contributed by atoms with E-state index in [1.807, 2.05) is 60.7 Å². The molecule has 0 saturated heterocycles. The van der Waals surface area contributed by atoms with Crippen molar-refractivity contribution in [1.29, 1.82) is 0 Å². The van der Waals surface area contributed by atoms with E-state index in [1.54, 1.807) is 0 Å². The number of carboxylic acid groups (broad SMARTS) is 2. The van der Waals surface area contributed by atoms with Gasteiger partial charge in [0.25, 0.3) is 0 Å². The Morgan fingerprint density at radius 2 is 1.38 bits per heavy atom. The van der Waals surface area contributed by atoms with Crippen molar-refractivity contribution in [3.63, 3.8) is 0 Å². The van der Waals surface area contributed by atoms with Gasteiger partial charge in [-0.15, -0.1) is 0 Å². The number of nitrogens with one attached hydrogen (secondary N) is 1. The average molecular weight is 576 g/mol. The second-order valence-electron chi connectivity index (χ2n) is 9.47. The Morgan fingerprint density at radius 3 is 1.85 bits per heavy atom. The van der Waals surface area contributed by atoms with Gasteiger partial charge in [0.15, 0.2) is 22.2 Å². The van der Waals surface area contributed by atoms with E-state index in [2.05, 4.69) is 5.32 Å². The molecule has 0 aliphatic rings. The lowest BCUT2D eigenvalue weighted by Crippen LogP contribution is -2.47. The van der Waals surface area contributed by atoms with Gasteiger partial charge in [-0.1, -0.05) is 67.6 Å². The van der Waals surface area contributed by atoms with E-state index < -0.39 is 88.3 Å². The van der Waals surface area contributed by atoms with Gasteiger partial charge in [0, 0.05) is 5.92 Å². The van der Waals surface area contributed by atoms with Crippen LogP contribution >= 0.6 is 0 Å². The SMILES string of the molecule is CC(CS(=O)(=O)CCC(=O)O)C(=O)NC(CC(=O)O)C(=O)COC(=O)C(Cc1ccccc1)Cc1ccccc1. The molecule has 40 heavy (non-hydrogen) atoms. The lowest BCUT2D eigenvalue weighted by Gasteiger charge is -2.20. The van der Waals surface area contributed by atoms with Crippen molar-refractivity contribution in [1.82, 2.24) is 5.32 Å². The Labute approximate surface area is 232 Å². The minimum atomic E-state index is -3.90. The second kappa shape index (κ2) is 15.5. The Bertz CT molecular complexity index is 1240. The maximum absolute atomic E-state index is 13.0. The number of carboxylic acids is 2. The number of amides is 1. The molecule has 2 aromatic carbocycles. The first-order valence-corrected chi connectivity index (χ1v) is 14.4. The molecule has 0 aromatic heterocycles. The smallest absolute Gasteiger partial charge is 0.310 e. The highest BCUT2D eigenvalue weighted by Gasteiger charge is 2.30. The predicted molar refractivity (Wildman–Crippen MR) is 144 cm³/mol. The fraction of sp³-hybridized carbons (Fsp3) is 0.393. The molecule has 2 atom stereocenters. The van der Waals surface area contributed by atoms with Crippen LogP contribution in [0.3, 0.4) is 0 Å². The van der Waals surface area contributed by atoms with Crippen LogP contribution in [0.25, 0.3) is 0 Å². The largest absolute Gasteiger partial charge is 0.481 e. The highest BCUT2D eigenvalue weighted by atomic mass is 32.2. The topological polar surface area (TPSA) is 181 Å². The van der Waals surface area contributed by atoms with Crippen molar-refractivity contribution in [2.75, 3.05) is 18.1 Å². The first kappa shape index (κ1) is 32.2. The Hall–Kier alpha value is -4.06. The summed E-state index contributed by atoms with van der Waals surface area (Å²) in [6.07, 6.45) is -0.756. The number of aliphatic carboxylic acids is 2. The Kier molecular flexibility index (Phi) is 12.5. The normalized spacial score (nSPS) is 12.8. The van der Waals surface area contributed by atoms with E-state index in [-0.39, 0.29) is 0 Å². The van der Waals surface area contributed by atoms with E-state index in [9.17, 15) is 37.5 Å². The van der Waals surface area contributed by atoms with Crippen LogP contribution in [-0.2, 0) is 51.4 Å². The minimum Gasteiger partial charge on any atom is -0.481 e. The summed E-state index contributed by atoms with van der Waals surface area (Å²) in [6, 6.07) is 16.9. The third-order valence-corrected chi connectivity index (χ3v) is 7.84. The van der Waals surface area contributed by atoms with E-state index in [1.165, 1.54) is 6.92 Å². The summed E-state index contributed by atoms with van der Waals surface area (Å²) in [7, 11) is -3.90. The maximum Gasteiger partial charge on any atom is 0.310 e. The zero-order chi connectivity index (χ0) is 29.7. The second-order valence-corrected chi connectivity index (χ2v) is 11.7. The molecule has 0 fully saturated rings. The zero-order valence-electron chi connectivity index (χ0n) is 22.0. The molecule has 0 saturated carbocycles. The summed E-state index contributed by atoms with van der Waals surface area (Å²) in [5, 5.41) is 20.1. The fourth-order valence-corrected chi connectivity index (χ4v) is 5.48. The molecule has 2 aromatic rings.